The highest BCUT2D eigenvalue weighted by Crippen LogP contribution is 2.25. The van der Waals surface area contributed by atoms with Crippen LogP contribution in [0.5, 0.6) is 0 Å². The number of nitrogens with one attached hydrogen (secondary N) is 1. The van der Waals surface area contributed by atoms with Gasteiger partial charge in [-0.2, -0.15) is 0 Å². The summed E-state index contributed by atoms with van der Waals surface area (Å²) in [5.41, 5.74) is 1.03. The molecule has 2 N–H and O–H groups in total. The summed E-state index contributed by atoms with van der Waals surface area (Å²) in [4.78, 5) is 48.1. The van der Waals surface area contributed by atoms with Gasteiger partial charge >= 0.3 is 12.0 Å². The van der Waals surface area contributed by atoms with E-state index < -0.39 is 23.8 Å². The number of carbonyl (C=O) groups excluding carboxylic acids is 3. The Labute approximate surface area is 142 Å². The third kappa shape index (κ3) is 2.89. The average Bonchev–Trinajstić information content (AvgIpc) is 2.89. The summed E-state index contributed by atoms with van der Waals surface area (Å²) in [7, 11) is 0. The fraction of sp³-hybridized carbons (Fsp3) is 0.176. The van der Waals surface area contributed by atoms with Gasteiger partial charge in [0.2, 0.25) is 0 Å². The van der Waals surface area contributed by atoms with Crippen LogP contribution in [-0.2, 0) is 20.9 Å². The molecule has 1 aromatic carbocycles. The van der Waals surface area contributed by atoms with E-state index in [1.54, 1.807) is 37.4 Å². The van der Waals surface area contributed by atoms with Gasteiger partial charge in [0.15, 0.2) is 0 Å². The molecule has 0 aliphatic carbocycles. The molecule has 8 nitrogen and oxygen atoms in total. The van der Waals surface area contributed by atoms with E-state index in [0.717, 1.165) is 4.90 Å². The number of amides is 4. The van der Waals surface area contributed by atoms with Gasteiger partial charge in [-0.1, -0.05) is 18.2 Å². The van der Waals surface area contributed by atoms with E-state index in [1.165, 1.54) is 10.6 Å². The van der Waals surface area contributed by atoms with Crippen LogP contribution in [0.2, 0.25) is 0 Å². The molecule has 1 fully saturated rings. The Morgan fingerprint density at radius 3 is 2.64 bits per heavy atom. The van der Waals surface area contributed by atoms with Crippen LogP contribution < -0.4 is 5.32 Å². The van der Waals surface area contributed by atoms with Crippen molar-refractivity contribution in [3.63, 3.8) is 0 Å². The number of hydrogen-bond acceptors (Lipinski definition) is 4. The van der Waals surface area contributed by atoms with E-state index in [2.05, 4.69) is 5.32 Å². The molecule has 1 aliphatic rings. The van der Waals surface area contributed by atoms with Crippen molar-refractivity contribution in [1.29, 1.82) is 0 Å². The van der Waals surface area contributed by atoms with Gasteiger partial charge in [-0.15, -0.1) is 0 Å². The van der Waals surface area contributed by atoms with E-state index in [9.17, 15) is 19.2 Å². The number of para-hydroxylation sites is 1. The highest BCUT2D eigenvalue weighted by atomic mass is 16.4. The van der Waals surface area contributed by atoms with Gasteiger partial charge in [0.25, 0.3) is 11.8 Å². The minimum atomic E-state index is -1.01. The molecular formula is C17H15N3O5. The van der Waals surface area contributed by atoms with Gasteiger partial charge < -0.3 is 9.67 Å². The van der Waals surface area contributed by atoms with Crippen LogP contribution in [-0.4, -0.2) is 44.9 Å². The van der Waals surface area contributed by atoms with Gasteiger partial charge in [0.05, 0.1) is 0 Å². The predicted octanol–water partition coefficient (Wildman–Crippen LogP) is 1.21. The number of likely N-dealkylation sites (N-methyl/N-ethyl adjacent to an activating group) is 1. The van der Waals surface area contributed by atoms with Gasteiger partial charge in [-0.05, 0) is 19.1 Å². The quantitative estimate of drug-likeness (QED) is 0.642. The molecule has 0 saturated carbocycles. The number of rotatable bonds is 4. The summed E-state index contributed by atoms with van der Waals surface area (Å²) in [6, 6.07) is 6.33. The van der Waals surface area contributed by atoms with Crippen molar-refractivity contribution >= 4 is 40.8 Å². The molecule has 1 aromatic heterocycles. The van der Waals surface area contributed by atoms with Gasteiger partial charge in [-0.25, -0.2) is 4.79 Å². The molecule has 4 amide bonds. The molecule has 128 valence electrons. The molecule has 1 aliphatic heterocycles. The highest BCUT2D eigenvalue weighted by Gasteiger charge is 2.34. The first-order valence-electron chi connectivity index (χ1n) is 7.61. The van der Waals surface area contributed by atoms with E-state index in [-0.39, 0.29) is 18.7 Å². The normalized spacial score (nSPS) is 16.6. The molecule has 0 unspecified atom stereocenters. The van der Waals surface area contributed by atoms with Crippen LogP contribution >= 0.6 is 0 Å². The molecule has 3 rings (SSSR count). The molecule has 0 spiro atoms. The van der Waals surface area contributed by atoms with Crippen molar-refractivity contribution in [3.05, 3.63) is 41.6 Å². The lowest BCUT2D eigenvalue weighted by molar-refractivity contribution is -0.137. The van der Waals surface area contributed by atoms with Crippen molar-refractivity contribution in [2.75, 3.05) is 6.54 Å². The predicted molar refractivity (Wildman–Crippen MR) is 88.5 cm³/mol. The Balaban J connectivity index is 2.11. The zero-order valence-corrected chi connectivity index (χ0v) is 13.4. The Morgan fingerprint density at radius 2 is 1.96 bits per heavy atom. The van der Waals surface area contributed by atoms with Crippen LogP contribution in [0.15, 0.2) is 36.0 Å². The lowest BCUT2D eigenvalue weighted by Gasteiger charge is -2.24. The zero-order chi connectivity index (χ0) is 18.1. The fourth-order valence-corrected chi connectivity index (χ4v) is 2.80. The number of hydrogen-bond donors (Lipinski definition) is 2. The Hall–Kier alpha value is -3.42. The summed E-state index contributed by atoms with van der Waals surface area (Å²) < 4.78 is 1.53. The molecule has 2 heterocycles. The number of nitrogens with zero attached hydrogens (tertiary/aromatic N) is 2. The first-order chi connectivity index (χ1) is 11.9. The molecule has 8 heteroatoms. The van der Waals surface area contributed by atoms with Crippen LogP contribution in [0.1, 0.15) is 12.5 Å². The number of carbonyl (C=O) groups is 4. The minimum absolute atomic E-state index is 0.135. The first-order valence-corrected chi connectivity index (χ1v) is 7.61. The maximum atomic E-state index is 12.4. The standard InChI is InChI=1S/C17H15N3O5/c1-2-20-16(24)12(15(23)18-17(20)25)7-10-8-19(9-14(21)22)13-6-4-3-5-11(10)13/h3-8H,2,9H2,1H3,(H,21,22)(H,18,23,25). The van der Waals surface area contributed by atoms with Crippen LogP contribution in [0, 0.1) is 0 Å². The largest absolute Gasteiger partial charge is 0.480 e. The smallest absolute Gasteiger partial charge is 0.331 e. The van der Waals surface area contributed by atoms with Crippen LogP contribution in [0.4, 0.5) is 4.79 Å². The molecule has 2 aromatic rings. The number of imide groups is 2. The Bertz CT molecular complexity index is 941. The number of fused-ring (bicyclic) bond motifs is 1. The van der Waals surface area contributed by atoms with E-state index >= 15 is 0 Å². The second-order valence-corrected chi connectivity index (χ2v) is 5.49. The maximum Gasteiger partial charge on any atom is 0.331 e. The van der Waals surface area contributed by atoms with Crippen LogP contribution in [0.3, 0.4) is 0 Å². The zero-order valence-electron chi connectivity index (χ0n) is 13.4. The number of aromatic nitrogens is 1. The second kappa shape index (κ2) is 6.23. The van der Waals surface area contributed by atoms with E-state index in [1.807, 2.05) is 0 Å². The monoisotopic (exact) mass is 341 g/mol. The number of carboxylic acids is 1. The van der Waals surface area contributed by atoms with E-state index in [4.69, 9.17) is 5.11 Å². The van der Waals surface area contributed by atoms with Gasteiger partial charge in [0.1, 0.15) is 12.1 Å². The first kappa shape index (κ1) is 16.4. The van der Waals surface area contributed by atoms with Crippen molar-refractivity contribution in [1.82, 2.24) is 14.8 Å². The topological polar surface area (TPSA) is 109 Å². The second-order valence-electron chi connectivity index (χ2n) is 5.49. The summed E-state index contributed by atoms with van der Waals surface area (Å²) in [5, 5.41) is 11.9. The Morgan fingerprint density at radius 1 is 1.24 bits per heavy atom. The van der Waals surface area contributed by atoms with E-state index in [0.29, 0.717) is 16.5 Å². The summed E-state index contributed by atoms with van der Waals surface area (Å²) in [5.74, 6) is -2.45. The van der Waals surface area contributed by atoms with Crippen molar-refractivity contribution < 1.29 is 24.3 Å². The molecule has 25 heavy (non-hydrogen) atoms. The number of benzene rings is 1. The number of barbiturate groups is 1. The van der Waals surface area contributed by atoms with Crippen LogP contribution in [0.25, 0.3) is 17.0 Å². The summed E-state index contributed by atoms with van der Waals surface area (Å²) in [6.07, 6.45) is 2.95. The number of carboxylic acid groups (broad SMARTS) is 1. The molecule has 1 saturated heterocycles. The number of aliphatic carboxylic acids is 1. The molecular weight excluding hydrogens is 326 g/mol. The van der Waals surface area contributed by atoms with Crippen molar-refractivity contribution in [2.45, 2.75) is 13.5 Å². The third-order valence-corrected chi connectivity index (χ3v) is 3.93. The molecule has 0 radical (unpaired) electrons. The summed E-state index contributed by atoms with van der Waals surface area (Å²) >= 11 is 0. The third-order valence-electron chi connectivity index (χ3n) is 3.93. The summed E-state index contributed by atoms with van der Waals surface area (Å²) in [6.45, 7) is 1.52. The fourth-order valence-electron chi connectivity index (χ4n) is 2.80. The Kier molecular flexibility index (Phi) is 4.10. The lowest BCUT2D eigenvalue weighted by atomic mass is 10.1. The lowest BCUT2D eigenvalue weighted by Crippen LogP contribution is -2.53. The SMILES string of the molecule is CCN1C(=O)NC(=O)C(=Cc2cn(CC(=O)O)c3ccccc23)C1=O. The molecule has 0 bridgehead atoms. The number of urea groups is 1. The highest BCUT2D eigenvalue weighted by molar-refractivity contribution is 6.31. The van der Waals surface area contributed by atoms with Gasteiger partial charge in [-0.3, -0.25) is 24.6 Å². The van der Waals surface area contributed by atoms with Crippen molar-refractivity contribution in [3.8, 4) is 0 Å². The average molecular weight is 341 g/mol. The molecule has 0 atom stereocenters. The maximum absolute atomic E-state index is 12.4. The van der Waals surface area contributed by atoms with Gasteiger partial charge in [0, 0.05) is 29.2 Å². The minimum Gasteiger partial charge on any atom is -0.480 e. The van der Waals surface area contributed by atoms with Crippen molar-refractivity contribution in [2.24, 2.45) is 0 Å².